The molecule has 0 bridgehead atoms. The molecule has 0 aromatic heterocycles. The second kappa shape index (κ2) is 7.86. The molecule has 7 nitrogen and oxygen atoms in total. The Hall–Kier alpha value is -1.76. The molecule has 146 valence electrons. The zero-order valence-electron chi connectivity index (χ0n) is 16.2. The van der Waals surface area contributed by atoms with Crippen LogP contribution >= 0.6 is 0 Å². The van der Waals surface area contributed by atoms with Gasteiger partial charge in [0.15, 0.2) is 0 Å². The lowest BCUT2D eigenvalue weighted by Gasteiger charge is -2.29. The van der Waals surface area contributed by atoms with Crippen molar-refractivity contribution in [3.63, 3.8) is 0 Å². The SMILES string of the molecule is CC[C@H](C)[C@H](N)C(=O)N1CCC[C@H]1C(=O)NC(=O)C1CC(=O)CC1(C)C. The maximum absolute atomic E-state index is 12.6. The first-order valence-electron chi connectivity index (χ1n) is 9.51. The van der Waals surface area contributed by atoms with Gasteiger partial charge >= 0.3 is 0 Å². The van der Waals surface area contributed by atoms with Crippen LogP contribution in [0.3, 0.4) is 0 Å². The van der Waals surface area contributed by atoms with Gasteiger partial charge in [0.05, 0.1) is 12.0 Å². The molecule has 1 aliphatic carbocycles. The van der Waals surface area contributed by atoms with Gasteiger partial charge in [-0.25, -0.2) is 0 Å². The van der Waals surface area contributed by atoms with Crippen molar-refractivity contribution in [2.45, 2.75) is 71.9 Å². The minimum Gasteiger partial charge on any atom is -0.329 e. The molecule has 7 heteroatoms. The molecule has 3 N–H and O–H groups in total. The maximum atomic E-state index is 12.6. The second-order valence-electron chi connectivity index (χ2n) is 8.42. The van der Waals surface area contributed by atoms with Crippen molar-refractivity contribution < 1.29 is 19.2 Å². The molecule has 0 radical (unpaired) electrons. The number of hydrogen-bond donors (Lipinski definition) is 2. The van der Waals surface area contributed by atoms with Gasteiger partial charge < -0.3 is 10.6 Å². The van der Waals surface area contributed by atoms with E-state index in [4.69, 9.17) is 5.73 Å². The highest BCUT2D eigenvalue weighted by atomic mass is 16.2. The van der Waals surface area contributed by atoms with Crippen LogP contribution in [-0.4, -0.2) is 47.0 Å². The normalized spacial score (nSPS) is 27.3. The Morgan fingerprint density at radius 1 is 1.31 bits per heavy atom. The number of nitrogens with two attached hydrogens (primary N) is 1. The van der Waals surface area contributed by atoms with Crippen molar-refractivity contribution in [2.75, 3.05) is 6.54 Å². The van der Waals surface area contributed by atoms with E-state index in [1.54, 1.807) is 0 Å². The number of nitrogens with one attached hydrogen (secondary N) is 1. The Labute approximate surface area is 155 Å². The molecule has 1 saturated heterocycles. The lowest BCUT2D eigenvalue weighted by atomic mass is 9.81. The fourth-order valence-electron chi connectivity index (χ4n) is 3.94. The standard InChI is InChI=1S/C19H31N3O4/c1-5-11(2)15(20)18(26)22-8-6-7-14(22)17(25)21-16(24)13-9-12(23)10-19(13,3)4/h11,13-15H,5-10,20H2,1-4H3,(H,21,24,25)/t11-,13?,14-,15-/m0/s1. The van der Waals surface area contributed by atoms with Gasteiger partial charge in [-0.3, -0.25) is 24.5 Å². The first-order valence-corrected chi connectivity index (χ1v) is 9.51. The summed E-state index contributed by atoms with van der Waals surface area (Å²) >= 11 is 0. The topological polar surface area (TPSA) is 110 Å². The summed E-state index contributed by atoms with van der Waals surface area (Å²) in [6.45, 7) is 8.08. The summed E-state index contributed by atoms with van der Waals surface area (Å²) < 4.78 is 0. The fraction of sp³-hybridized carbons (Fsp3) is 0.789. The third-order valence-electron chi connectivity index (χ3n) is 5.97. The van der Waals surface area contributed by atoms with Crippen LogP contribution < -0.4 is 11.1 Å². The van der Waals surface area contributed by atoms with Crippen LogP contribution in [0.5, 0.6) is 0 Å². The molecule has 2 fully saturated rings. The second-order valence-corrected chi connectivity index (χ2v) is 8.42. The number of amides is 3. The molecule has 3 amide bonds. The molecule has 1 saturated carbocycles. The Morgan fingerprint density at radius 3 is 2.50 bits per heavy atom. The molecular weight excluding hydrogens is 334 g/mol. The van der Waals surface area contributed by atoms with E-state index in [2.05, 4.69) is 5.32 Å². The number of carbonyl (C=O) groups excluding carboxylic acids is 4. The Kier molecular flexibility index (Phi) is 6.21. The number of Topliss-reactive ketones (excluding diaryl/α,β-unsaturated/α-hetero) is 1. The summed E-state index contributed by atoms with van der Waals surface area (Å²) in [6, 6.07) is -1.31. The van der Waals surface area contributed by atoms with Crippen LogP contribution in [0.1, 0.15) is 59.8 Å². The summed E-state index contributed by atoms with van der Waals surface area (Å²) in [4.78, 5) is 51.0. The quantitative estimate of drug-likeness (QED) is 0.706. The van der Waals surface area contributed by atoms with Gasteiger partial charge in [-0.1, -0.05) is 34.1 Å². The van der Waals surface area contributed by atoms with Gasteiger partial charge in [-0.05, 0) is 24.2 Å². The number of carbonyl (C=O) groups is 4. The molecule has 4 atom stereocenters. The Balaban J connectivity index is 2.03. The number of hydrogen-bond acceptors (Lipinski definition) is 5. The zero-order valence-corrected chi connectivity index (χ0v) is 16.2. The van der Waals surface area contributed by atoms with Crippen LogP contribution in [0.2, 0.25) is 0 Å². The van der Waals surface area contributed by atoms with Crippen molar-refractivity contribution in [3.05, 3.63) is 0 Å². The predicted molar refractivity (Wildman–Crippen MR) is 96.8 cm³/mol. The Morgan fingerprint density at radius 2 is 1.96 bits per heavy atom. The molecule has 1 aliphatic heterocycles. The highest BCUT2D eigenvalue weighted by Gasteiger charge is 2.45. The number of rotatable bonds is 5. The van der Waals surface area contributed by atoms with Crippen molar-refractivity contribution >= 4 is 23.5 Å². The molecule has 0 aromatic rings. The number of ketones is 1. The summed E-state index contributed by atoms with van der Waals surface area (Å²) in [6.07, 6.45) is 2.51. The molecule has 0 aromatic carbocycles. The van der Waals surface area contributed by atoms with Crippen LogP contribution in [0.4, 0.5) is 0 Å². The zero-order chi connectivity index (χ0) is 19.6. The molecule has 26 heavy (non-hydrogen) atoms. The van der Waals surface area contributed by atoms with E-state index in [1.807, 2.05) is 27.7 Å². The first kappa shape index (κ1) is 20.6. The third-order valence-corrected chi connectivity index (χ3v) is 5.97. The molecule has 0 spiro atoms. The molecule has 1 unspecified atom stereocenters. The summed E-state index contributed by atoms with van der Waals surface area (Å²) in [5.74, 6) is -1.56. The average Bonchev–Trinajstić information content (AvgIpc) is 3.16. The van der Waals surface area contributed by atoms with E-state index in [9.17, 15) is 19.2 Å². The van der Waals surface area contributed by atoms with E-state index >= 15 is 0 Å². The van der Waals surface area contributed by atoms with E-state index in [-0.39, 0.29) is 24.0 Å². The minimum absolute atomic E-state index is 0.0266. The van der Waals surface area contributed by atoms with Crippen molar-refractivity contribution in [1.82, 2.24) is 10.2 Å². The van der Waals surface area contributed by atoms with E-state index in [1.165, 1.54) is 4.90 Å². The third kappa shape index (κ3) is 4.14. The van der Waals surface area contributed by atoms with Crippen molar-refractivity contribution in [2.24, 2.45) is 23.0 Å². The number of imide groups is 1. The van der Waals surface area contributed by atoms with Gasteiger partial charge in [0.2, 0.25) is 17.7 Å². The summed E-state index contributed by atoms with van der Waals surface area (Å²) in [5.41, 5.74) is 5.58. The number of nitrogens with zero attached hydrogens (tertiary/aromatic N) is 1. The van der Waals surface area contributed by atoms with Gasteiger partial charge in [0.25, 0.3) is 0 Å². The number of likely N-dealkylation sites (tertiary alicyclic amines) is 1. The van der Waals surface area contributed by atoms with E-state index < -0.39 is 35.2 Å². The molecule has 2 rings (SSSR count). The fourth-order valence-corrected chi connectivity index (χ4v) is 3.94. The highest BCUT2D eigenvalue weighted by Crippen LogP contribution is 2.40. The first-order chi connectivity index (χ1) is 12.1. The van der Waals surface area contributed by atoms with Gasteiger partial charge in [-0.2, -0.15) is 0 Å². The van der Waals surface area contributed by atoms with Crippen LogP contribution in [0.15, 0.2) is 0 Å². The van der Waals surface area contributed by atoms with Gasteiger partial charge in [0.1, 0.15) is 11.8 Å². The average molecular weight is 365 g/mol. The van der Waals surface area contributed by atoms with E-state index in [0.29, 0.717) is 25.8 Å². The maximum Gasteiger partial charge on any atom is 0.249 e. The molecular formula is C19H31N3O4. The van der Waals surface area contributed by atoms with E-state index in [0.717, 1.165) is 6.42 Å². The lowest BCUT2D eigenvalue weighted by Crippen LogP contribution is -2.54. The van der Waals surface area contributed by atoms with Crippen LogP contribution in [-0.2, 0) is 19.2 Å². The van der Waals surface area contributed by atoms with Gasteiger partial charge in [-0.15, -0.1) is 0 Å². The van der Waals surface area contributed by atoms with Crippen molar-refractivity contribution in [1.29, 1.82) is 0 Å². The monoisotopic (exact) mass is 365 g/mol. The smallest absolute Gasteiger partial charge is 0.249 e. The Bertz CT molecular complexity index is 602. The minimum atomic E-state index is -0.665. The van der Waals surface area contributed by atoms with Gasteiger partial charge in [0, 0.05) is 19.4 Å². The largest absolute Gasteiger partial charge is 0.329 e. The summed E-state index contributed by atoms with van der Waals surface area (Å²) in [7, 11) is 0. The highest BCUT2D eigenvalue weighted by molar-refractivity contribution is 6.03. The van der Waals surface area contributed by atoms with Crippen LogP contribution in [0, 0.1) is 17.3 Å². The predicted octanol–water partition coefficient (Wildman–Crippen LogP) is 0.999. The van der Waals surface area contributed by atoms with Crippen LogP contribution in [0.25, 0.3) is 0 Å². The van der Waals surface area contributed by atoms with Crippen molar-refractivity contribution in [3.8, 4) is 0 Å². The lowest BCUT2D eigenvalue weighted by molar-refractivity contribution is -0.143. The molecule has 2 aliphatic rings. The summed E-state index contributed by atoms with van der Waals surface area (Å²) in [5, 5.41) is 2.44. The molecule has 1 heterocycles.